The Labute approximate surface area is 126 Å². The number of benzene rings is 3. The van der Waals surface area contributed by atoms with Gasteiger partial charge in [-0.3, -0.25) is 0 Å². The fourth-order valence-corrected chi connectivity index (χ4v) is 2.46. The summed E-state index contributed by atoms with van der Waals surface area (Å²) < 4.78 is 0. The van der Waals surface area contributed by atoms with Gasteiger partial charge in [0.15, 0.2) is 0 Å². The SMILES string of the molecule is C#C.C1=Cc2cccc3cccc(c23)C1.c1ccccc1. The van der Waals surface area contributed by atoms with E-state index in [1.165, 1.54) is 21.9 Å². The monoisotopic (exact) mass is 270 g/mol. The summed E-state index contributed by atoms with van der Waals surface area (Å²) in [5.74, 6) is 0. The van der Waals surface area contributed by atoms with E-state index in [1.54, 1.807) is 0 Å². The van der Waals surface area contributed by atoms with E-state index < -0.39 is 0 Å². The summed E-state index contributed by atoms with van der Waals surface area (Å²) in [5, 5.41) is 2.80. The maximum absolute atomic E-state index is 4.00. The van der Waals surface area contributed by atoms with E-state index in [9.17, 15) is 0 Å². The second kappa shape index (κ2) is 7.72. The average molecular weight is 270 g/mol. The number of hydrogen-bond acceptors (Lipinski definition) is 0. The predicted octanol–water partition coefficient (Wildman–Crippen LogP) is 5.35. The lowest BCUT2D eigenvalue weighted by atomic mass is 9.93. The lowest BCUT2D eigenvalue weighted by molar-refractivity contribution is 1.29. The molecule has 3 aromatic carbocycles. The van der Waals surface area contributed by atoms with Crippen LogP contribution < -0.4 is 0 Å². The maximum atomic E-state index is 4.00. The van der Waals surface area contributed by atoms with Crippen molar-refractivity contribution in [3.05, 3.63) is 90.0 Å². The average Bonchev–Trinajstić information content (AvgIpc) is 2.60. The number of rotatable bonds is 0. The first-order chi connectivity index (χ1) is 10.4. The van der Waals surface area contributed by atoms with Gasteiger partial charge in [0.2, 0.25) is 0 Å². The molecule has 0 N–H and O–H groups in total. The lowest BCUT2D eigenvalue weighted by Crippen LogP contribution is -1.91. The lowest BCUT2D eigenvalue weighted by Gasteiger charge is -2.11. The van der Waals surface area contributed by atoms with Crippen molar-refractivity contribution < 1.29 is 0 Å². The minimum Gasteiger partial charge on any atom is -0.124 e. The van der Waals surface area contributed by atoms with Crippen LogP contribution in [0.5, 0.6) is 0 Å². The third-order valence-electron chi connectivity index (χ3n) is 3.33. The molecule has 0 radical (unpaired) electrons. The molecule has 0 aromatic heterocycles. The van der Waals surface area contributed by atoms with Crippen LogP contribution in [0, 0.1) is 12.8 Å². The molecule has 0 amide bonds. The highest BCUT2D eigenvalue weighted by atomic mass is 14.1. The Morgan fingerprint density at radius 3 is 1.86 bits per heavy atom. The predicted molar refractivity (Wildman–Crippen MR) is 93.0 cm³/mol. The fourth-order valence-electron chi connectivity index (χ4n) is 2.46. The minimum atomic E-state index is 1.08. The van der Waals surface area contributed by atoms with Crippen LogP contribution in [0.25, 0.3) is 16.8 Å². The zero-order chi connectivity index (χ0) is 14.9. The molecule has 0 spiro atoms. The summed E-state index contributed by atoms with van der Waals surface area (Å²) >= 11 is 0. The number of terminal acetylenes is 1. The molecule has 0 heterocycles. The highest BCUT2D eigenvalue weighted by molar-refractivity contribution is 5.94. The van der Waals surface area contributed by atoms with Gasteiger partial charge >= 0.3 is 0 Å². The van der Waals surface area contributed by atoms with E-state index in [0.717, 1.165) is 6.42 Å². The Hall–Kier alpha value is -2.78. The van der Waals surface area contributed by atoms with Gasteiger partial charge in [-0.1, -0.05) is 84.9 Å². The Balaban J connectivity index is 0.000000171. The zero-order valence-corrected chi connectivity index (χ0v) is 11.9. The van der Waals surface area contributed by atoms with Crippen LogP contribution in [0.15, 0.2) is 78.9 Å². The van der Waals surface area contributed by atoms with Crippen molar-refractivity contribution in [2.45, 2.75) is 6.42 Å². The largest absolute Gasteiger partial charge is 0.124 e. The van der Waals surface area contributed by atoms with Crippen LogP contribution in [0.4, 0.5) is 0 Å². The van der Waals surface area contributed by atoms with Crippen LogP contribution in [-0.4, -0.2) is 0 Å². The van der Waals surface area contributed by atoms with Gasteiger partial charge in [-0.2, -0.15) is 0 Å². The molecular weight excluding hydrogens is 252 g/mol. The molecule has 0 saturated heterocycles. The topological polar surface area (TPSA) is 0 Å². The van der Waals surface area contributed by atoms with Gasteiger partial charge in [0.05, 0.1) is 0 Å². The number of allylic oxidation sites excluding steroid dienone is 1. The quantitative estimate of drug-likeness (QED) is 0.483. The molecule has 21 heavy (non-hydrogen) atoms. The summed E-state index contributed by atoms with van der Waals surface area (Å²) in [4.78, 5) is 0. The molecule has 1 aliphatic rings. The van der Waals surface area contributed by atoms with Crippen molar-refractivity contribution in [2.75, 3.05) is 0 Å². The van der Waals surface area contributed by atoms with Crippen molar-refractivity contribution in [3.8, 4) is 12.8 Å². The summed E-state index contributed by atoms with van der Waals surface area (Å²) in [7, 11) is 0. The molecule has 0 unspecified atom stereocenters. The van der Waals surface area contributed by atoms with E-state index in [4.69, 9.17) is 0 Å². The van der Waals surface area contributed by atoms with Gasteiger partial charge in [-0.15, -0.1) is 12.8 Å². The van der Waals surface area contributed by atoms with E-state index >= 15 is 0 Å². The van der Waals surface area contributed by atoms with Gasteiger partial charge in [0.1, 0.15) is 0 Å². The van der Waals surface area contributed by atoms with Crippen molar-refractivity contribution in [3.63, 3.8) is 0 Å². The van der Waals surface area contributed by atoms with Gasteiger partial charge in [0, 0.05) is 0 Å². The fraction of sp³-hybridized carbons (Fsp3) is 0.0476. The third kappa shape index (κ3) is 3.61. The molecule has 0 nitrogen and oxygen atoms in total. The van der Waals surface area contributed by atoms with Gasteiger partial charge in [0.25, 0.3) is 0 Å². The molecule has 1 aliphatic carbocycles. The highest BCUT2D eigenvalue weighted by Gasteiger charge is 2.06. The van der Waals surface area contributed by atoms with Crippen LogP contribution in [-0.2, 0) is 6.42 Å². The van der Waals surface area contributed by atoms with Gasteiger partial charge < -0.3 is 0 Å². The smallest absolute Gasteiger partial charge is 0.00763 e. The Morgan fingerprint density at radius 2 is 1.24 bits per heavy atom. The second-order valence-electron chi connectivity index (χ2n) is 4.62. The molecule has 4 rings (SSSR count). The summed E-state index contributed by atoms with van der Waals surface area (Å²) in [6.07, 6.45) is 13.5. The van der Waals surface area contributed by atoms with E-state index in [2.05, 4.69) is 61.4 Å². The Bertz CT molecular complexity index is 702. The first-order valence-electron chi connectivity index (χ1n) is 6.96. The molecule has 0 aliphatic heterocycles. The molecule has 0 atom stereocenters. The molecule has 3 aromatic rings. The minimum absolute atomic E-state index is 1.08. The van der Waals surface area contributed by atoms with Gasteiger partial charge in [-0.05, 0) is 28.3 Å². The normalized spacial score (nSPS) is 10.8. The first-order valence-corrected chi connectivity index (χ1v) is 6.96. The molecule has 102 valence electrons. The van der Waals surface area contributed by atoms with Gasteiger partial charge in [-0.25, -0.2) is 0 Å². The maximum Gasteiger partial charge on any atom is -0.00763 e. The second-order valence-corrected chi connectivity index (χ2v) is 4.62. The van der Waals surface area contributed by atoms with E-state index in [0.29, 0.717) is 0 Å². The zero-order valence-electron chi connectivity index (χ0n) is 11.9. The van der Waals surface area contributed by atoms with Crippen molar-refractivity contribution in [1.29, 1.82) is 0 Å². The molecule has 0 fully saturated rings. The van der Waals surface area contributed by atoms with E-state index in [-0.39, 0.29) is 0 Å². The van der Waals surface area contributed by atoms with Crippen molar-refractivity contribution in [2.24, 2.45) is 0 Å². The van der Waals surface area contributed by atoms with Crippen LogP contribution in [0.1, 0.15) is 11.1 Å². The van der Waals surface area contributed by atoms with Crippen molar-refractivity contribution >= 4 is 16.8 Å². The molecule has 0 saturated carbocycles. The first kappa shape index (κ1) is 14.6. The third-order valence-corrected chi connectivity index (χ3v) is 3.33. The molecule has 0 heteroatoms. The summed E-state index contributed by atoms with van der Waals surface area (Å²) in [6.45, 7) is 0. The van der Waals surface area contributed by atoms with Crippen LogP contribution in [0.2, 0.25) is 0 Å². The molecular formula is C21H18. The Morgan fingerprint density at radius 1 is 0.667 bits per heavy atom. The Kier molecular flexibility index (Phi) is 5.38. The van der Waals surface area contributed by atoms with Crippen LogP contribution in [0.3, 0.4) is 0 Å². The van der Waals surface area contributed by atoms with Crippen LogP contribution >= 0.6 is 0 Å². The summed E-state index contributed by atoms with van der Waals surface area (Å²) in [6, 6.07) is 25.0. The highest BCUT2D eigenvalue weighted by Crippen LogP contribution is 2.27. The van der Waals surface area contributed by atoms with E-state index in [1.807, 2.05) is 36.4 Å². The summed E-state index contributed by atoms with van der Waals surface area (Å²) in [5.41, 5.74) is 2.81. The molecule has 0 bridgehead atoms. The van der Waals surface area contributed by atoms with Crippen molar-refractivity contribution in [1.82, 2.24) is 0 Å². The number of hydrogen-bond donors (Lipinski definition) is 0. The standard InChI is InChI=1S/C13H10.C6H6.C2H2/c1-4-10-6-2-8-12-9-3-7-11(5-1)13(10)12;1-2-4-6-5-3-1;1-2/h1-8H,9H2;1-6H;1-2H.